The van der Waals surface area contributed by atoms with Gasteiger partial charge in [-0.25, -0.2) is 0 Å². The number of hydrogen-bond donors (Lipinski definition) is 0. The number of carbonyl (C=O) groups is 1. The van der Waals surface area contributed by atoms with Gasteiger partial charge >= 0.3 is 0 Å². The molecule has 7 heteroatoms. The lowest BCUT2D eigenvalue weighted by molar-refractivity contribution is -0.116. The van der Waals surface area contributed by atoms with E-state index in [0.717, 1.165) is 16.9 Å². The molecular formula is C24H23N5OS. The van der Waals surface area contributed by atoms with Crippen molar-refractivity contribution in [3.8, 4) is 17.1 Å². The summed E-state index contributed by atoms with van der Waals surface area (Å²) in [5, 5.41) is 9.49. The van der Waals surface area contributed by atoms with Crippen LogP contribution in [-0.2, 0) is 4.79 Å². The second-order valence-corrected chi connectivity index (χ2v) is 8.14. The maximum Gasteiger partial charge on any atom is 0.237 e. The second kappa shape index (κ2) is 9.57. The van der Waals surface area contributed by atoms with Gasteiger partial charge in [0.25, 0.3) is 0 Å². The molecule has 2 heterocycles. The summed E-state index contributed by atoms with van der Waals surface area (Å²) in [6.45, 7) is 4.03. The van der Waals surface area contributed by atoms with Crippen molar-refractivity contribution < 1.29 is 4.79 Å². The molecule has 4 aromatic rings. The van der Waals surface area contributed by atoms with Crippen LogP contribution in [0.4, 0.5) is 5.69 Å². The lowest BCUT2D eigenvalue weighted by atomic mass is 10.2. The lowest BCUT2D eigenvalue weighted by Crippen LogP contribution is -2.38. The molecule has 0 saturated heterocycles. The first-order chi connectivity index (χ1) is 15.1. The standard InChI is InChI=1S/C24H23N5OS/c1-18(2)28(20-9-5-3-6-10-20)22(30)17-31-24-27-26-23(19-13-15-25-16-14-19)29(24)21-11-7-4-8-12-21/h3-16,18H,17H2,1-2H3. The van der Waals surface area contributed by atoms with Crippen molar-refractivity contribution in [1.82, 2.24) is 19.7 Å². The first-order valence-corrected chi connectivity index (χ1v) is 11.0. The molecule has 0 atom stereocenters. The number of aromatic nitrogens is 4. The van der Waals surface area contributed by atoms with Crippen LogP contribution in [0.1, 0.15) is 13.8 Å². The first-order valence-electron chi connectivity index (χ1n) is 10.1. The summed E-state index contributed by atoms with van der Waals surface area (Å²) < 4.78 is 1.98. The SMILES string of the molecule is CC(C)N(C(=O)CSc1nnc(-c2ccncc2)n1-c1ccccc1)c1ccccc1. The minimum atomic E-state index is 0.0271. The zero-order valence-electron chi connectivity index (χ0n) is 17.4. The second-order valence-electron chi connectivity index (χ2n) is 7.19. The molecule has 1 amide bonds. The van der Waals surface area contributed by atoms with Gasteiger partial charge in [0.1, 0.15) is 0 Å². The van der Waals surface area contributed by atoms with Crippen LogP contribution >= 0.6 is 11.8 Å². The Labute approximate surface area is 186 Å². The minimum Gasteiger partial charge on any atom is -0.309 e. The molecule has 0 spiro atoms. The molecule has 31 heavy (non-hydrogen) atoms. The van der Waals surface area contributed by atoms with Gasteiger partial charge in [0.2, 0.25) is 5.91 Å². The van der Waals surface area contributed by atoms with E-state index in [1.165, 1.54) is 11.8 Å². The van der Waals surface area contributed by atoms with E-state index < -0.39 is 0 Å². The van der Waals surface area contributed by atoms with Crippen molar-refractivity contribution in [3.05, 3.63) is 85.2 Å². The van der Waals surface area contributed by atoms with Gasteiger partial charge < -0.3 is 4.90 Å². The Morgan fingerprint density at radius 2 is 1.58 bits per heavy atom. The van der Waals surface area contributed by atoms with E-state index >= 15 is 0 Å². The molecular weight excluding hydrogens is 406 g/mol. The van der Waals surface area contributed by atoms with Crippen molar-refractivity contribution in [2.45, 2.75) is 25.0 Å². The summed E-state index contributed by atoms with van der Waals surface area (Å²) in [6.07, 6.45) is 3.46. The van der Waals surface area contributed by atoms with Crippen LogP contribution in [0, 0.1) is 0 Å². The van der Waals surface area contributed by atoms with E-state index in [2.05, 4.69) is 15.2 Å². The van der Waals surface area contributed by atoms with Gasteiger partial charge in [-0.05, 0) is 50.2 Å². The Bertz CT molecular complexity index is 1130. The van der Waals surface area contributed by atoms with Gasteiger partial charge in [0.15, 0.2) is 11.0 Å². The number of pyridine rings is 1. The molecule has 0 aliphatic carbocycles. The summed E-state index contributed by atoms with van der Waals surface area (Å²) in [4.78, 5) is 19.0. The molecule has 0 N–H and O–H groups in total. The van der Waals surface area contributed by atoms with Gasteiger partial charge in [0, 0.05) is 35.4 Å². The van der Waals surface area contributed by atoms with E-state index in [1.54, 1.807) is 12.4 Å². The molecule has 0 aliphatic rings. The van der Waals surface area contributed by atoms with Crippen LogP contribution in [-0.4, -0.2) is 37.5 Å². The van der Waals surface area contributed by atoms with E-state index in [9.17, 15) is 4.79 Å². The van der Waals surface area contributed by atoms with Gasteiger partial charge in [0.05, 0.1) is 5.75 Å². The highest BCUT2D eigenvalue weighted by molar-refractivity contribution is 7.99. The van der Waals surface area contributed by atoms with Crippen molar-refractivity contribution >= 4 is 23.4 Å². The molecule has 0 aliphatic heterocycles. The summed E-state index contributed by atoms with van der Waals surface area (Å²) in [6, 6.07) is 23.5. The molecule has 2 aromatic carbocycles. The Kier molecular flexibility index (Phi) is 6.43. The van der Waals surface area contributed by atoms with E-state index in [-0.39, 0.29) is 17.7 Å². The van der Waals surface area contributed by atoms with Gasteiger partial charge in [-0.1, -0.05) is 48.2 Å². The van der Waals surface area contributed by atoms with Crippen molar-refractivity contribution in [2.75, 3.05) is 10.7 Å². The fourth-order valence-corrected chi connectivity index (χ4v) is 4.19. The maximum absolute atomic E-state index is 13.1. The Morgan fingerprint density at radius 1 is 0.935 bits per heavy atom. The Hall–Kier alpha value is -3.45. The zero-order chi connectivity index (χ0) is 21.6. The summed E-state index contributed by atoms with van der Waals surface area (Å²) >= 11 is 1.39. The maximum atomic E-state index is 13.1. The van der Waals surface area contributed by atoms with Gasteiger partial charge in [-0.15, -0.1) is 10.2 Å². The number of amides is 1. The number of para-hydroxylation sites is 2. The molecule has 0 bridgehead atoms. The highest BCUT2D eigenvalue weighted by Gasteiger charge is 2.22. The average molecular weight is 430 g/mol. The predicted molar refractivity (Wildman–Crippen MR) is 124 cm³/mol. The van der Waals surface area contributed by atoms with Crippen molar-refractivity contribution in [2.24, 2.45) is 0 Å². The van der Waals surface area contributed by atoms with Crippen LogP contribution in [0.15, 0.2) is 90.3 Å². The fraction of sp³-hybridized carbons (Fsp3) is 0.167. The van der Waals surface area contributed by atoms with E-state index in [1.807, 2.05) is 96.1 Å². The van der Waals surface area contributed by atoms with E-state index in [0.29, 0.717) is 11.0 Å². The van der Waals surface area contributed by atoms with Gasteiger partial charge in [-0.2, -0.15) is 0 Å². The zero-order valence-corrected chi connectivity index (χ0v) is 18.2. The number of hydrogen-bond acceptors (Lipinski definition) is 5. The fourth-order valence-electron chi connectivity index (χ4n) is 3.38. The third kappa shape index (κ3) is 4.67. The monoisotopic (exact) mass is 429 g/mol. The highest BCUT2D eigenvalue weighted by Crippen LogP contribution is 2.28. The predicted octanol–water partition coefficient (Wildman–Crippen LogP) is 4.86. The number of thioether (sulfide) groups is 1. The smallest absolute Gasteiger partial charge is 0.237 e. The largest absolute Gasteiger partial charge is 0.309 e. The summed E-state index contributed by atoms with van der Waals surface area (Å²) in [7, 11) is 0. The number of benzene rings is 2. The molecule has 156 valence electrons. The Balaban J connectivity index is 1.63. The molecule has 2 aromatic heterocycles. The topological polar surface area (TPSA) is 63.9 Å². The number of rotatable bonds is 7. The van der Waals surface area contributed by atoms with Crippen molar-refractivity contribution in [3.63, 3.8) is 0 Å². The number of carbonyl (C=O) groups excluding carboxylic acids is 1. The number of anilines is 1. The summed E-state index contributed by atoms with van der Waals surface area (Å²) in [5.41, 5.74) is 2.75. The summed E-state index contributed by atoms with van der Waals surface area (Å²) in [5.74, 6) is 1.00. The van der Waals surface area contributed by atoms with Crippen LogP contribution in [0.2, 0.25) is 0 Å². The third-order valence-electron chi connectivity index (χ3n) is 4.73. The first kappa shape index (κ1) is 20.8. The highest BCUT2D eigenvalue weighted by atomic mass is 32.2. The molecule has 0 radical (unpaired) electrons. The molecule has 0 saturated carbocycles. The lowest BCUT2D eigenvalue weighted by Gasteiger charge is -2.26. The number of nitrogens with zero attached hydrogens (tertiary/aromatic N) is 5. The molecule has 0 fully saturated rings. The van der Waals surface area contributed by atoms with Gasteiger partial charge in [-0.3, -0.25) is 14.3 Å². The molecule has 4 rings (SSSR count). The quantitative estimate of drug-likeness (QED) is 0.393. The van der Waals surface area contributed by atoms with Crippen LogP contribution in [0.5, 0.6) is 0 Å². The van der Waals surface area contributed by atoms with Crippen molar-refractivity contribution in [1.29, 1.82) is 0 Å². The van der Waals surface area contributed by atoms with Crippen LogP contribution < -0.4 is 4.90 Å². The molecule has 6 nitrogen and oxygen atoms in total. The average Bonchev–Trinajstić information content (AvgIpc) is 3.23. The van der Waals surface area contributed by atoms with Crippen LogP contribution in [0.25, 0.3) is 17.1 Å². The Morgan fingerprint density at radius 3 is 2.23 bits per heavy atom. The normalized spacial score (nSPS) is 10.9. The minimum absolute atomic E-state index is 0.0271. The van der Waals surface area contributed by atoms with Crippen LogP contribution in [0.3, 0.4) is 0 Å². The third-order valence-corrected chi connectivity index (χ3v) is 5.64. The molecule has 0 unspecified atom stereocenters. The van der Waals surface area contributed by atoms with E-state index in [4.69, 9.17) is 0 Å².